The molecule has 0 spiro atoms. The third-order valence-electron chi connectivity index (χ3n) is 7.71. The summed E-state index contributed by atoms with van der Waals surface area (Å²) < 4.78 is 1.08. The van der Waals surface area contributed by atoms with E-state index in [0.717, 1.165) is 16.5 Å². The number of rotatable bonds is 5. The summed E-state index contributed by atoms with van der Waals surface area (Å²) in [7, 11) is 0. The topological polar surface area (TPSA) is 109 Å². The van der Waals surface area contributed by atoms with E-state index in [1.54, 1.807) is 0 Å². The molecule has 3 aliphatic rings. The molecule has 5 unspecified atom stereocenters. The van der Waals surface area contributed by atoms with Gasteiger partial charge in [-0.3, -0.25) is 29.3 Å². The number of amides is 3. The molecule has 1 aromatic carbocycles. The Labute approximate surface area is 201 Å². The van der Waals surface area contributed by atoms with Gasteiger partial charge in [-0.05, 0) is 55.5 Å². The highest BCUT2D eigenvalue weighted by Gasteiger charge is 2.47. The van der Waals surface area contributed by atoms with E-state index in [2.05, 4.69) is 10.6 Å². The van der Waals surface area contributed by atoms with Gasteiger partial charge >= 0.3 is 0 Å². The first-order valence-corrected chi connectivity index (χ1v) is 12.9. The van der Waals surface area contributed by atoms with E-state index in [1.165, 1.54) is 11.3 Å². The van der Waals surface area contributed by atoms with Crippen LogP contribution in [0.3, 0.4) is 0 Å². The van der Waals surface area contributed by atoms with Crippen LogP contribution in [0.5, 0.6) is 0 Å². The molecule has 2 heterocycles. The molecule has 5 rings (SSSR count). The van der Waals surface area contributed by atoms with Crippen molar-refractivity contribution in [3.8, 4) is 0 Å². The zero-order valence-corrected chi connectivity index (χ0v) is 19.7. The number of hydrogen-bond acceptors (Lipinski definition) is 6. The first-order chi connectivity index (χ1) is 16.4. The Hall–Kier alpha value is -2.87. The number of carbonyl (C=O) groups excluding carboxylic acids is 5. The molecule has 34 heavy (non-hydrogen) atoms. The van der Waals surface area contributed by atoms with Gasteiger partial charge in [-0.25, -0.2) is 0 Å². The quantitative estimate of drug-likeness (QED) is 0.639. The van der Waals surface area contributed by atoms with Crippen LogP contribution in [-0.2, 0) is 19.2 Å². The Morgan fingerprint density at radius 2 is 1.85 bits per heavy atom. The number of Topliss-reactive ketones (excluding diaryl/α,β-unsaturated/α-hetero) is 2. The highest BCUT2D eigenvalue weighted by molar-refractivity contribution is 7.20. The largest absolute Gasteiger partial charge is 0.351 e. The second-order valence-corrected chi connectivity index (χ2v) is 11.0. The van der Waals surface area contributed by atoms with Crippen LogP contribution < -0.4 is 10.6 Å². The molecule has 0 radical (unpaired) electrons. The van der Waals surface area contributed by atoms with Crippen molar-refractivity contribution in [3.63, 3.8) is 0 Å². The molecule has 1 aliphatic heterocycles. The van der Waals surface area contributed by atoms with Gasteiger partial charge in [-0.2, -0.15) is 0 Å². The molecular weight excluding hydrogens is 452 g/mol. The van der Waals surface area contributed by atoms with Crippen LogP contribution in [0.15, 0.2) is 30.3 Å². The fraction of sp³-hybridized carbons (Fsp3) is 0.500. The fourth-order valence-corrected chi connectivity index (χ4v) is 6.84. The lowest BCUT2D eigenvalue weighted by atomic mass is 9.62. The zero-order valence-electron chi connectivity index (χ0n) is 18.9. The van der Waals surface area contributed by atoms with E-state index < -0.39 is 5.92 Å². The van der Waals surface area contributed by atoms with Crippen molar-refractivity contribution in [2.24, 2.45) is 29.6 Å². The molecule has 3 amide bonds. The highest BCUT2D eigenvalue weighted by Crippen LogP contribution is 2.43. The summed E-state index contributed by atoms with van der Waals surface area (Å²) in [6.45, 7) is 0.497. The summed E-state index contributed by atoms with van der Waals surface area (Å²) in [5.74, 6) is -1.70. The van der Waals surface area contributed by atoms with Crippen LogP contribution in [0, 0.1) is 29.6 Å². The van der Waals surface area contributed by atoms with Crippen LogP contribution in [0.1, 0.15) is 54.6 Å². The van der Waals surface area contributed by atoms with E-state index in [1.807, 2.05) is 30.3 Å². The van der Waals surface area contributed by atoms with E-state index in [4.69, 9.17) is 0 Å². The average molecular weight is 481 g/mol. The van der Waals surface area contributed by atoms with Gasteiger partial charge in [0, 0.05) is 47.8 Å². The number of thiophene rings is 1. The van der Waals surface area contributed by atoms with Gasteiger partial charge in [0.25, 0.3) is 5.91 Å². The average Bonchev–Trinajstić information content (AvgIpc) is 3.27. The minimum absolute atomic E-state index is 0.0984. The van der Waals surface area contributed by atoms with Gasteiger partial charge in [0.05, 0.1) is 4.88 Å². The van der Waals surface area contributed by atoms with Crippen LogP contribution in [0.4, 0.5) is 0 Å². The second-order valence-electron chi connectivity index (χ2n) is 9.90. The van der Waals surface area contributed by atoms with Crippen LogP contribution >= 0.6 is 11.3 Å². The standard InChI is InChI=1S/C26H28N2O5S/c29-20-11-17(10-16-6-8-23(30)28-25(16)32)24(31)18-7-5-14(9-19(18)20)13-27-26(33)22-12-15-3-1-2-4-21(15)34-22/h1-4,12,14,16-19H,5-11,13H2,(H,27,33)(H,28,30,32). The maximum atomic E-state index is 13.2. The Kier molecular flexibility index (Phi) is 6.34. The lowest BCUT2D eigenvalue weighted by Crippen LogP contribution is -2.47. The van der Waals surface area contributed by atoms with Crippen LogP contribution in [0.2, 0.25) is 0 Å². The third kappa shape index (κ3) is 4.56. The SMILES string of the molecule is O=C1CCC(CC2CC(=O)C3CC(CNC(=O)c4cc5ccccc5s4)CCC3C2=O)C(=O)N1. The predicted octanol–water partition coefficient (Wildman–Crippen LogP) is 3.26. The van der Waals surface area contributed by atoms with E-state index in [0.29, 0.717) is 37.1 Å². The van der Waals surface area contributed by atoms with Crippen molar-refractivity contribution in [2.45, 2.75) is 44.9 Å². The molecule has 0 bridgehead atoms. The number of hydrogen-bond donors (Lipinski definition) is 2. The summed E-state index contributed by atoms with van der Waals surface area (Å²) in [5, 5.41) is 6.42. The Bertz CT molecular complexity index is 1140. The molecule has 1 saturated heterocycles. The number of piperidine rings is 1. The van der Waals surface area contributed by atoms with Crippen molar-refractivity contribution >= 4 is 50.7 Å². The zero-order chi connectivity index (χ0) is 23.8. The predicted molar refractivity (Wildman–Crippen MR) is 127 cm³/mol. The first-order valence-electron chi connectivity index (χ1n) is 12.1. The normalized spacial score (nSPS) is 29.6. The molecular formula is C26H28N2O5S. The summed E-state index contributed by atoms with van der Waals surface area (Å²) in [6, 6.07) is 9.79. The molecule has 2 aromatic rings. The minimum Gasteiger partial charge on any atom is -0.351 e. The summed E-state index contributed by atoms with van der Waals surface area (Å²) >= 11 is 1.47. The number of nitrogens with one attached hydrogen (secondary N) is 2. The van der Waals surface area contributed by atoms with E-state index in [9.17, 15) is 24.0 Å². The molecule has 8 heteroatoms. The maximum Gasteiger partial charge on any atom is 0.261 e. The summed E-state index contributed by atoms with van der Waals surface area (Å²) in [5.41, 5.74) is 0. The van der Waals surface area contributed by atoms with Gasteiger partial charge in [-0.1, -0.05) is 18.2 Å². The van der Waals surface area contributed by atoms with Crippen molar-refractivity contribution in [1.29, 1.82) is 0 Å². The van der Waals surface area contributed by atoms with E-state index >= 15 is 0 Å². The van der Waals surface area contributed by atoms with Gasteiger partial charge < -0.3 is 5.32 Å². The summed E-state index contributed by atoms with van der Waals surface area (Å²) in [4.78, 5) is 63.0. The van der Waals surface area contributed by atoms with Crippen molar-refractivity contribution in [1.82, 2.24) is 10.6 Å². The van der Waals surface area contributed by atoms with Crippen LogP contribution in [-0.4, -0.2) is 35.8 Å². The van der Waals surface area contributed by atoms with Gasteiger partial charge in [0.2, 0.25) is 11.8 Å². The molecule has 2 N–H and O–H groups in total. The molecule has 178 valence electrons. The molecule has 3 fully saturated rings. The monoisotopic (exact) mass is 480 g/mol. The van der Waals surface area contributed by atoms with E-state index in [-0.39, 0.29) is 65.8 Å². The molecule has 7 nitrogen and oxygen atoms in total. The number of carbonyl (C=O) groups is 5. The smallest absolute Gasteiger partial charge is 0.261 e. The Morgan fingerprint density at radius 3 is 2.65 bits per heavy atom. The van der Waals surface area contributed by atoms with Gasteiger partial charge in [0.15, 0.2) is 0 Å². The molecule has 5 atom stereocenters. The maximum absolute atomic E-state index is 13.2. The lowest BCUT2D eigenvalue weighted by molar-refractivity contribution is -0.146. The number of fused-ring (bicyclic) bond motifs is 2. The van der Waals surface area contributed by atoms with Gasteiger partial charge in [0.1, 0.15) is 11.6 Å². The fourth-order valence-electron chi connectivity index (χ4n) is 5.86. The Balaban J connectivity index is 1.16. The number of ketones is 2. The summed E-state index contributed by atoms with van der Waals surface area (Å²) in [6.07, 6.45) is 3.31. The molecule has 2 saturated carbocycles. The van der Waals surface area contributed by atoms with Crippen molar-refractivity contribution in [3.05, 3.63) is 35.2 Å². The molecule has 2 aliphatic carbocycles. The van der Waals surface area contributed by atoms with Crippen LogP contribution in [0.25, 0.3) is 10.1 Å². The minimum atomic E-state index is -0.429. The van der Waals surface area contributed by atoms with Gasteiger partial charge in [-0.15, -0.1) is 11.3 Å². The molecule has 1 aromatic heterocycles. The lowest BCUT2D eigenvalue weighted by Gasteiger charge is -2.40. The highest BCUT2D eigenvalue weighted by atomic mass is 32.1. The van der Waals surface area contributed by atoms with Crippen molar-refractivity contribution in [2.75, 3.05) is 6.54 Å². The third-order valence-corrected chi connectivity index (χ3v) is 8.83. The Morgan fingerprint density at radius 1 is 1.03 bits per heavy atom. The second kappa shape index (κ2) is 9.41. The number of benzene rings is 1. The number of imide groups is 1. The first kappa shape index (κ1) is 22.9. The van der Waals surface area contributed by atoms with Crippen molar-refractivity contribution < 1.29 is 24.0 Å².